The molecule has 0 fully saturated rings. The van der Waals surface area contributed by atoms with Gasteiger partial charge in [0.25, 0.3) is 0 Å². The summed E-state index contributed by atoms with van der Waals surface area (Å²) in [7, 11) is 0. The molecule has 4 atom stereocenters. The van der Waals surface area contributed by atoms with Gasteiger partial charge < -0.3 is 49.1 Å². The summed E-state index contributed by atoms with van der Waals surface area (Å²) >= 11 is 0. The Hall–Kier alpha value is -2.97. The number of hydrogen-bond donors (Lipinski definition) is 9. The summed E-state index contributed by atoms with van der Waals surface area (Å²) in [6, 6.07) is -4.51. The molecule has 0 bridgehead atoms. The van der Waals surface area contributed by atoms with Crippen LogP contribution in [0.4, 0.5) is 0 Å². The number of nitrogens with zero attached hydrogens (tertiary/aromatic N) is 1. The average molecular weight is 461 g/mol. The van der Waals surface area contributed by atoms with Crippen LogP contribution in [0.25, 0.3) is 0 Å². The lowest BCUT2D eigenvalue weighted by molar-refractivity contribution is -0.142. The topological polar surface area (TPSA) is 261 Å². The highest BCUT2D eigenvalue weighted by Crippen LogP contribution is 2.05. The van der Waals surface area contributed by atoms with E-state index in [1.807, 2.05) is 0 Å². The van der Waals surface area contributed by atoms with Crippen molar-refractivity contribution in [3.8, 4) is 0 Å². The lowest BCUT2D eigenvalue weighted by Crippen LogP contribution is -2.56. The van der Waals surface area contributed by atoms with Gasteiger partial charge >= 0.3 is 5.97 Å². The molecule has 32 heavy (non-hydrogen) atoms. The van der Waals surface area contributed by atoms with Gasteiger partial charge in [0.1, 0.15) is 24.2 Å². The van der Waals surface area contributed by atoms with Gasteiger partial charge in [-0.3, -0.25) is 19.4 Å². The Morgan fingerprint density at radius 2 is 1.50 bits per heavy atom. The van der Waals surface area contributed by atoms with Crippen molar-refractivity contribution < 1.29 is 29.4 Å². The number of aliphatic hydroxyl groups excluding tert-OH is 1. The maximum atomic E-state index is 12.7. The molecule has 0 aliphatic carbocycles. The van der Waals surface area contributed by atoms with Gasteiger partial charge in [-0.05, 0) is 45.6 Å². The van der Waals surface area contributed by atoms with Crippen LogP contribution in [-0.2, 0) is 19.2 Å². The molecule has 0 heterocycles. The van der Waals surface area contributed by atoms with Gasteiger partial charge in [-0.25, -0.2) is 4.79 Å². The molecule has 0 aliphatic heterocycles. The summed E-state index contributed by atoms with van der Waals surface area (Å²) < 4.78 is 0. The smallest absolute Gasteiger partial charge is 0.326 e. The van der Waals surface area contributed by atoms with Gasteiger partial charge in [-0.2, -0.15) is 0 Å². The second-order valence-corrected chi connectivity index (χ2v) is 7.21. The lowest BCUT2D eigenvalue weighted by Gasteiger charge is -2.23. The number of aliphatic hydroxyl groups is 1. The molecule has 13 N–H and O–H groups in total. The summed E-state index contributed by atoms with van der Waals surface area (Å²) in [6.07, 6.45) is 1.71. The van der Waals surface area contributed by atoms with Gasteiger partial charge in [-0.15, -0.1) is 0 Å². The molecule has 0 rings (SSSR count). The first-order chi connectivity index (χ1) is 15.0. The minimum Gasteiger partial charge on any atom is -0.480 e. The molecular weight excluding hydrogens is 424 g/mol. The fourth-order valence-corrected chi connectivity index (χ4v) is 2.56. The normalized spacial score (nSPS) is 14.4. The second kappa shape index (κ2) is 15.8. The van der Waals surface area contributed by atoms with Gasteiger partial charge in [0.2, 0.25) is 17.7 Å². The number of carbonyl (C=O) groups is 4. The van der Waals surface area contributed by atoms with E-state index < -0.39 is 54.5 Å². The Morgan fingerprint density at radius 3 is 2.03 bits per heavy atom. The highest BCUT2D eigenvalue weighted by molar-refractivity contribution is 5.93. The fourth-order valence-electron chi connectivity index (χ4n) is 2.56. The summed E-state index contributed by atoms with van der Waals surface area (Å²) in [4.78, 5) is 52.2. The lowest BCUT2D eigenvalue weighted by atomic mass is 10.1. The highest BCUT2D eigenvalue weighted by atomic mass is 16.4. The Kier molecular flexibility index (Phi) is 14.3. The Balaban J connectivity index is 5.19. The van der Waals surface area contributed by atoms with E-state index in [4.69, 9.17) is 28.0 Å². The van der Waals surface area contributed by atoms with Crippen molar-refractivity contribution in [2.45, 2.75) is 63.2 Å². The van der Waals surface area contributed by atoms with E-state index in [0.29, 0.717) is 25.8 Å². The average Bonchev–Trinajstić information content (AvgIpc) is 2.73. The van der Waals surface area contributed by atoms with Crippen LogP contribution in [0.5, 0.6) is 0 Å². The quantitative estimate of drug-likeness (QED) is 0.0612. The molecule has 0 aromatic carbocycles. The van der Waals surface area contributed by atoms with E-state index in [-0.39, 0.29) is 25.3 Å². The van der Waals surface area contributed by atoms with Crippen molar-refractivity contribution in [3.05, 3.63) is 0 Å². The standard InChI is InChI=1S/C18H36N8O6/c1-10(24-15(29)11(20)9-27)14(28)25-12(6-4-8-23-18(21)22)16(30)26-13(17(31)32)5-2-3-7-19/h10-13,27H,2-9,19-20H2,1H3,(H,24,29)(H,25,28)(H,26,30)(H,31,32)(H4,21,22,23). The van der Waals surface area contributed by atoms with E-state index in [2.05, 4.69) is 20.9 Å². The molecule has 3 amide bonds. The van der Waals surface area contributed by atoms with Crippen LogP contribution >= 0.6 is 0 Å². The van der Waals surface area contributed by atoms with Crippen molar-refractivity contribution >= 4 is 29.7 Å². The first-order valence-corrected chi connectivity index (χ1v) is 10.3. The Morgan fingerprint density at radius 1 is 0.906 bits per heavy atom. The molecule has 0 saturated carbocycles. The van der Waals surface area contributed by atoms with E-state index >= 15 is 0 Å². The molecule has 14 heteroatoms. The predicted molar refractivity (Wildman–Crippen MR) is 117 cm³/mol. The maximum Gasteiger partial charge on any atom is 0.326 e. The molecule has 4 unspecified atom stereocenters. The summed E-state index contributed by atoms with van der Waals surface area (Å²) in [5, 5.41) is 25.5. The number of guanidine groups is 1. The van der Waals surface area contributed by atoms with Crippen LogP contribution in [0.1, 0.15) is 39.0 Å². The van der Waals surface area contributed by atoms with E-state index in [0.717, 1.165) is 0 Å². The first kappa shape index (κ1) is 29.0. The third-order valence-corrected chi connectivity index (χ3v) is 4.43. The minimum absolute atomic E-state index is 0.111. The van der Waals surface area contributed by atoms with Crippen molar-refractivity contribution in [2.24, 2.45) is 27.9 Å². The van der Waals surface area contributed by atoms with E-state index in [1.165, 1.54) is 6.92 Å². The first-order valence-electron chi connectivity index (χ1n) is 10.3. The van der Waals surface area contributed by atoms with Gasteiger partial charge in [0.05, 0.1) is 6.61 Å². The maximum absolute atomic E-state index is 12.7. The zero-order chi connectivity index (χ0) is 24.7. The number of nitrogens with one attached hydrogen (secondary N) is 3. The van der Waals surface area contributed by atoms with E-state index in [1.54, 1.807) is 0 Å². The zero-order valence-corrected chi connectivity index (χ0v) is 18.3. The number of rotatable bonds is 16. The third-order valence-electron chi connectivity index (χ3n) is 4.43. The molecule has 0 aromatic rings. The molecule has 184 valence electrons. The molecule has 0 aromatic heterocycles. The largest absolute Gasteiger partial charge is 0.480 e. The second-order valence-electron chi connectivity index (χ2n) is 7.21. The molecule has 0 radical (unpaired) electrons. The molecule has 0 saturated heterocycles. The summed E-state index contributed by atoms with van der Waals surface area (Å²) in [5.74, 6) is -3.47. The Labute approximate surface area is 186 Å². The third kappa shape index (κ3) is 12.0. The highest BCUT2D eigenvalue weighted by Gasteiger charge is 2.28. The monoisotopic (exact) mass is 460 g/mol. The number of hydrogen-bond acceptors (Lipinski definition) is 8. The van der Waals surface area contributed by atoms with Crippen LogP contribution in [0.15, 0.2) is 4.99 Å². The van der Waals surface area contributed by atoms with Crippen molar-refractivity contribution in [1.29, 1.82) is 0 Å². The number of carboxylic acids is 1. The predicted octanol–water partition coefficient (Wildman–Crippen LogP) is -3.95. The van der Waals surface area contributed by atoms with Crippen LogP contribution in [-0.4, -0.2) is 83.7 Å². The van der Waals surface area contributed by atoms with Crippen molar-refractivity contribution in [2.75, 3.05) is 19.7 Å². The van der Waals surface area contributed by atoms with Gasteiger partial charge in [-0.1, -0.05) is 0 Å². The SMILES string of the molecule is CC(NC(=O)C(N)CO)C(=O)NC(CCCN=C(N)N)C(=O)NC(CCCCN)C(=O)O. The van der Waals surface area contributed by atoms with Crippen LogP contribution < -0.4 is 38.9 Å². The summed E-state index contributed by atoms with van der Waals surface area (Å²) in [5.41, 5.74) is 21.3. The number of aliphatic imine (C=N–C) groups is 1. The summed E-state index contributed by atoms with van der Waals surface area (Å²) in [6.45, 7) is 1.36. The van der Waals surface area contributed by atoms with Gasteiger partial charge in [0, 0.05) is 6.54 Å². The Bertz CT molecular complexity index is 655. The fraction of sp³-hybridized carbons (Fsp3) is 0.722. The van der Waals surface area contributed by atoms with Crippen molar-refractivity contribution in [1.82, 2.24) is 16.0 Å². The number of aliphatic carboxylic acids is 1. The molecule has 0 spiro atoms. The van der Waals surface area contributed by atoms with E-state index in [9.17, 15) is 24.3 Å². The number of unbranched alkanes of at least 4 members (excludes halogenated alkanes) is 1. The van der Waals surface area contributed by atoms with Gasteiger partial charge in [0.15, 0.2) is 5.96 Å². The van der Waals surface area contributed by atoms with Crippen LogP contribution in [0, 0.1) is 0 Å². The number of carbonyl (C=O) groups excluding carboxylic acids is 3. The number of nitrogens with two attached hydrogens (primary N) is 4. The minimum atomic E-state index is -1.21. The number of carboxylic acid groups (broad SMARTS) is 1. The van der Waals surface area contributed by atoms with Crippen LogP contribution in [0.2, 0.25) is 0 Å². The molecule has 0 aliphatic rings. The van der Waals surface area contributed by atoms with Crippen molar-refractivity contribution in [3.63, 3.8) is 0 Å². The molecule has 14 nitrogen and oxygen atoms in total. The number of amides is 3. The van der Waals surface area contributed by atoms with Crippen LogP contribution in [0.3, 0.4) is 0 Å². The molecular formula is C18H36N8O6. The zero-order valence-electron chi connectivity index (χ0n) is 18.3.